The van der Waals surface area contributed by atoms with Crippen LogP contribution < -0.4 is 0 Å². The number of benzene rings is 1. The number of fused-ring (bicyclic) bond motifs is 1. The third kappa shape index (κ3) is 2.97. The summed E-state index contributed by atoms with van der Waals surface area (Å²) in [5, 5.41) is 1.47. The summed E-state index contributed by atoms with van der Waals surface area (Å²) in [6.07, 6.45) is 6.25. The molecule has 4 nitrogen and oxygen atoms in total. The molecule has 1 heterocycles. The van der Waals surface area contributed by atoms with Crippen LogP contribution >= 0.6 is 0 Å². The van der Waals surface area contributed by atoms with Gasteiger partial charge in [-0.15, -0.1) is 0 Å². The highest BCUT2D eigenvalue weighted by Gasteiger charge is 2.40. The quantitative estimate of drug-likeness (QED) is 0.747. The second kappa shape index (κ2) is 6.58. The van der Waals surface area contributed by atoms with Crippen LogP contribution in [0.25, 0.3) is 0 Å². The Morgan fingerprint density at radius 1 is 1.24 bits per heavy atom. The summed E-state index contributed by atoms with van der Waals surface area (Å²) in [6.45, 7) is 2.78. The summed E-state index contributed by atoms with van der Waals surface area (Å²) < 4.78 is 5.94. The van der Waals surface area contributed by atoms with Crippen molar-refractivity contribution in [3.05, 3.63) is 35.4 Å². The zero-order valence-corrected chi connectivity index (χ0v) is 12.6. The van der Waals surface area contributed by atoms with Crippen molar-refractivity contribution in [1.29, 1.82) is 0 Å². The van der Waals surface area contributed by atoms with Crippen molar-refractivity contribution in [1.82, 2.24) is 5.06 Å². The Labute approximate surface area is 126 Å². The van der Waals surface area contributed by atoms with Crippen molar-refractivity contribution in [2.75, 3.05) is 6.61 Å². The molecule has 1 unspecified atom stereocenters. The molecule has 1 aromatic carbocycles. The fourth-order valence-corrected chi connectivity index (χ4v) is 3.01. The summed E-state index contributed by atoms with van der Waals surface area (Å²) in [4.78, 5) is 18.5. The van der Waals surface area contributed by atoms with Gasteiger partial charge in [-0.25, -0.2) is 0 Å². The smallest absolute Gasteiger partial charge is 0.280 e. The van der Waals surface area contributed by atoms with E-state index in [0.29, 0.717) is 12.2 Å². The van der Waals surface area contributed by atoms with E-state index in [1.165, 1.54) is 17.9 Å². The summed E-state index contributed by atoms with van der Waals surface area (Å²) >= 11 is 0. The van der Waals surface area contributed by atoms with Gasteiger partial charge < -0.3 is 4.74 Å². The van der Waals surface area contributed by atoms with Crippen molar-refractivity contribution in [3.8, 4) is 0 Å². The Morgan fingerprint density at radius 3 is 2.76 bits per heavy atom. The van der Waals surface area contributed by atoms with Crippen LogP contribution in [0, 0.1) is 0 Å². The van der Waals surface area contributed by atoms with Gasteiger partial charge in [0.2, 0.25) is 0 Å². The highest BCUT2D eigenvalue weighted by atomic mass is 16.7. The number of rotatable bonds is 6. The van der Waals surface area contributed by atoms with Gasteiger partial charge in [-0.3, -0.25) is 9.63 Å². The summed E-state index contributed by atoms with van der Waals surface area (Å²) in [5.41, 5.74) is 1.63. The number of hydrogen-bond acceptors (Lipinski definition) is 3. The van der Waals surface area contributed by atoms with Gasteiger partial charge in [-0.2, -0.15) is 5.06 Å². The number of hydrogen-bond donors (Lipinski definition) is 0. The van der Waals surface area contributed by atoms with Crippen molar-refractivity contribution in [2.45, 2.75) is 57.8 Å². The molecular formula is C17H23NO3. The van der Waals surface area contributed by atoms with Crippen LogP contribution in [0.5, 0.6) is 0 Å². The lowest BCUT2D eigenvalue weighted by atomic mass is 10.1. The van der Waals surface area contributed by atoms with Crippen LogP contribution in [0.3, 0.4) is 0 Å². The summed E-state index contributed by atoms with van der Waals surface area (Å²) in [6, 6.07) is 7.65. The molecule has 1 fully saturated rings. The van der Waals surface area contributed by atoms with E-state index in [-0.39, 0.29) is 18.2 Å². The van der Waals surface area contributed by atoms with Crippen LogP contribution in [0.4, 0.5) is 0 Å². The molecular weight excluding hydrogens is 266 g/mol. The van der Waals surface area contributed by atoms with Gasteiger partial charge >= 0.3 is 0 Å². The summed E-state index contributed by atoms with van der Waals surface area (Å²) in [5.74, 6) is -0.0704. The number of carbonyl (C=O) groups is 1. The molecule has 3 rings (SSSR count). The Hall–Kier alpha value is -1.39. The van der Waals surface area contributed by atoms with E-state index < -0.39 is 0 Å². The van der Waals surface area contributed by atoms with Crippen molar-refractivity contribution in [3.63, 3.8) is 0 Å². The van der Waals surface area contributed by atoms with Gasteiger partial charge in [0.15, 0.2) is 6.23 Å². The molecule has 0 saturated heterocycles. The Morgan fingerprint density at radius 2 is 2.00 bits per heavy atom. The third-order valence-corrected chi connectivity index (χ3v) is 4.21. The maximum Gasteiger partial charge on any atom is 0.280 e. The Balaban J connectivity index is 1.77. The standard InChI is InChI=1S/C17H23NO3/c1-2-3-12-20-17-15-11-7-6-10-14(15)16(19)18(17)21-13-8-4-5-9-13/h6-7,10-11,13,17H,2-5,8-9,12H2,1H3. The van der Waals surface area contributed by atoms with Gasteiger partial charge in [0, 0.05) is 17.7 Å². The molecule has 4 heteroatoms. The number of amides is 1. The van der Waals surface area contributed by atoms with E-state index in [1.807, 2.05) is 24.3 Å². The molecule has 114 valence electrons. The van der Waals surface area contributed by atoms with E-state index in [0.717, 1.165) is 31.2 Å². The highest BCUT2D eigenvalue weighted by molar-refractivity contribution is 5.98. The number of carbonyl (C=O) groups excluding carboxylic acids is 1. The Kier molecular flexibility index (Phi) is 4.56. The molecule has 0 bridgehead atoms. The van der Waals surface area contributed by atoms with E-state index >= 15 is 0 Å². The molecule has 0 radical (unpaired) electrons. The van der Waals surface area contributed by atoms with Gasteiger partial charge in [0.05, 0.1) is 6.10 Å². The van der Waals surface area contributed by atoms with Crippen molar-refractivity contribution >= 4 is 5.91 Å². The van der Waals surface area contributed by atoms with Crippen LogP contribution in [-0.2, 0) is 9.57 Å². The predicted octanol–water partition coefficient (Wildman–Crippen LogP) is 3.83. The maximum absolute atomic E-state index is 12.5. The first-order chi connectivity index (χ1) is 10.3. The first kappa shape index (κ1) is 14.5. The molecule has 21 heavy (non-hydrogen) atoms. The molecule has 0 aromatic heterocycles. The van der Waals surface area contributed by atoms with Crippen molar-refractivity contribution < 1.29 is 14.4 Å². The maximum atomic E-state index is 12.5. The molecule has 1 aromatic rings. The topological polar surface area (TPSA) is 38.8 Å². The summed E-state index contributed by atoms with van der Waals surface area (Å²) in [7, 11) is 0. The number of hydroxylamine groups is 2. The average Bonchev–Trinajstić information content (AvgIpc) is 3.10. The molecule has 0 spiro atoms. The second-order valence-corrected chi connectivity index (χ2v) is 5.81. The largest absolute Gasteiger partial charge is 0.352 e. The minimum Gasteiger partial charge on any atom is -0.352 e. The van der Waals surface area contributed by atoms with E-state index in [1.54, 1.807) is 0 Å². The lowest BCUT2D eigenvalue weighted by Crippen LogP contribution is -2.33. The number of unbranched alkanes of at least 4 members (excludes halogenated alkanes) is 1. The molecule has 1 saturated carbocycles. The van der Waals surface area contributed by atoms with Gasteiger partial charge in [-0.1, -0.05) is 44.4 Å². The first-order valence-corrected chi connectivity index (χ1v) is 8.02. The zero-order valence-electron chi connectivity index (χ0n) is 12.6. The molecule has 0 N–H and O–H groups in total. The zero-order chi connectivity index (χ0) is 14.7. The Bertz CT molecular complexity index is 497. The fraction of sp³-hybridized carbons (Fsp3) is 0.588. The first-order valence-electron chi connectivity index (χ1n) is 8.02. The van der Waals surface area contributed by atoms with E-state index in [9.17, 15) is 4.79 Å². The highest BCUT2D eigenvalue weighted by Crippen LogP contribution is 2.36. The number of ether oxygens (including phenoxy) is 1. The van der Waals surface area contributed by atoms with Crippen LogP contribution in [-0.4, -0.2) is 23.7 Å². The number of nitrogens with zero attached hydrogens (tertiary/aromatic N) is 1. The van der Waals surface area contributed by atoms with Gasteiger partial charge in [-0.05, 0) is 25.3 Å². The SMILES string of the molecule is CCCCOC1c2ccccc2C(=O)N1OC1CCCC1. The predicted molar refractivity (Wildman–Crippen MR) is 79.6 cm³/mol. The van der Waals surface area contributed by atoms with E-state index in [4.69, 9.17) is 9.57 Å². The molecule has 1 amide bonds. The monoisotopic (exact) mass is 289 g/mol. The minimum absolute atomic E-state index is 0.0704. The normalized spacial score (nSPS) is 22.0. The van der Waals surface area contributed by atoms with Crippen LogP contribution in [0.1, 0.15) is 67.6 Å². The van der Waals surface area contributed by atoms with E-state index in [2.05, 4.69) is 6.92 Å². The molecule has 1 aliphatic carbocycles. The third-order valence-electron chi connectivity index (χ3n) is 4.21. The van der Waals surface area contributed by atoms with Crippen LogP contribution in [0.2, 0.25) is 0 Å². The van der Waals surface area contributed by atoms with Crippen LogP contribution in [0.15, 0.2) is 24.3 Å². The van der Waals surface area contributed by atoms with Gasteiger partial charge in [0.25, 0.3) is 5.91 Å². The lowest BCUT2D eigenvalue weighted by molar-refractivity contribution is -0.240. The second-order valence-electron chi connectivity index (χ2n) is 5.81. The average molecular weight is 289 g/mol. The van der Waals surface area contributed by atoms with Gasteiger partial charge in [0.1, 0.15) is 0 Å². The molecule has 1 aliphatic heterocycles. The minimum atomic E-state index is -0.388. The van der Waals surface area contributed by atoms with Crippen molar-refractivity contribution in [2.24, 2.45) is 0 Å². The lowest BCUT2D eigenvalue weighted by Gasteiger charge is -2.27. The fourth-order valence-electron chi connectivity index (χ4n) is 3.01. The molecule has 1 atom stereocenters. The molecule has 2 aliphatic rings.